The van der Waals surface area contributed by atoms with Gasteiger partial charge in [0.25, 0.3) is 0 Å². The Morgan fingerprint density at radius 2 is 2.15 bits per heavy atom. The SMILES string of the molecule is CC(=O)c1ccc(I)c(C#N)c1C. The van der Waals surface area contributed by atoms with Crippen LogP contribution in [-0.4, -0.2) is 5.78 Å². The summed E-state index contributed by atoms with van der Waals surface area (Å²) in [6.07, 6.45) is 0. The van der Waals surface area contributed by atoms with Crippen molar-refractivity contribution >= 4 is 28.4 Å². The minimum Gasteiger partial charge on any atom is -0.295 e. The molecular formula is C10H8INO. The quantitative estimate of drug-likeness (QED) is 0.588. The largest absolute Gasteiger partial charge is 0.295 e. The van der Waals surface area contributed by atoms with Gasteiger partial charge in [-0.15, -0.1) is 0 Å². The van der Waals surface area contributed by atoms with Gasteiger partial charge in [-0.05, 0) is 48.1 Å². The van der Waals surface area contributed by atoms with Gasteiger partial charge in [0, 0.05) is 9.13 Å². The van der Waals surface area contributed by atoms with E-state index in [2.05, 4.69) is 28.7 Å². The van der Waals surface area contributed by atoms with Gasteiger partial charge in [0.1, 0.15) is 6.07 Å². The van der Waals surface area contributed by atoms with Gasteiger partial charge in [-0.2, -0.15) is 5.26 Å². The van der Waals surface area contributed by atoms with Crippen LogP contribution in [0.15, 0.2) is 12.1 Å². The lowest BCUT2D eigenvalue weighted by Crippen LogP contribution is -1.99. The molecule has 0 amide bonds. The molecule has 0 aliphatic heterocycles. The lowest BCUT2D eigenvalue weighted by Gasteiger charge is -2.04. The fourth-order valence-electron chi connectivity index (χ4n) is 1.20. The summed E-state index contributed by atoms with van der Waals surface area (Å²) in [6.45, 7) is 3.31. The molecule has 13 heavy (non-hydrogen) atoms. The zero-order valence-corrected chi connectivity index (χ0v) is 9.55. The molecule has 0 bridgehead atoms. The third-order valence-corrected chi connectivity index (χ3v) is 2.80. The third-order valence-electron chi connectivity index (χ3n) is 1.91. The summed E-state index contributed by atoms with van der Waals surface area (Å²) in [4.78, 5) is 11.1. The summed E-state index contributed by atoms with van der Waals surface area (Å²) in [5.74, 6) is 0.00500. The van der Waals surface area contributed by atoms with Gasteiger partial charge in [0.15, 0.2) is 5.78 Å². The molecule has 1 rings (SSSR count). The highest BCUT2D eigenvalue weighted by atomic mass is 127. The first kappa shape index (κ1) is 10.2. The summed E-state index contributed by atoms with van der Waals surface area (Å²) in [5.41, 5.74) is 2.02. The van der Waals surface area contributed by atoms with Gasteiger partial charge in [-0.25, -0.2) is 0 Å². The van der Waals surface area contributed by atoms with Gasteiger partial charge >= 0.3 is 0 Å². The van der Waals surface area contributed by atoms with Crippen LogP contribution in [0.1, 0.15) is 28.4 Å². The molecule has 0 saturated heterocycles. The Kier molecular flexibility index (Phi) is 3.04. The Balaban J connectivity index is 3.47. The first-order valence-electron chi connectivity index (χ1n) is 3.78. The number of Topliss-reactive ketones (excluding diaryl/α,β-unsaturated/α-hetero) is 1. The van der Waals surface area contributed by atoms with E-state index in [1.807, 2.05) is 0 Å². The molecule has 0 fully saturated rings. The maximum atomic E-state index is 11.1. The van der Waals surface area contributed by atoms with Crippen LogP contribution in [0.3, 0.4) is 0 Å². The number of nitrogens with zero attached hydrogens (tertiary/aromatic N) is 1. The number of ketones is 1. The number of carbonyl (C=O) groups excluding carboxylic acids is 1. The molecule has 0 saturated carbocycles. The molecule has 0 aromatic heterocycles. The van der Waals surface area contributed by atoms with Crippen LogP contribution >= 0.6 is 22.6 Å². The van der Waals surface area contributed by atoms with Gasteiger partial charge in [-0.3, -0.25) is 4.79 Å². The summed E-state index contributed by atoms with van der Waals surface area (Å²) in [7, 11) is 0. The zero-order valence-electron chi connectivity index (χ0n) is 7.39. The Hall–Kier alpha value is -0.890. The molecular weight excluding hydrogens is 277 g/mol. The second kappa shape index (κ2) is 3.88. The van der Waals surface area contributed by atoms with Gasteiger partial charge in [0.2, 0.25) is 0 Å². The van der Waals surface area contributed by atoms with Crippen molar-refractivity contribution in [3.8, 4) is 6.07 Å². The van der Waals surface area contributed by atoms with Gasteiger partial charge in [-0.1, -0.05) is 6.07 Å². The topological polar surface area (TPSA) is 40.9 Å². The van der Waals surface area contributed by atoms with E-state index >= 15 is 0 Å². The number of hydrogen-bond acceptors (Lipinski definition) is 2. The Morgan fingerprint density at radius 3 is 2.62 bits per heavy atom. The molecule has 0 N–H and O–H groups in total. The molecule has 0 atom stereocenters. The minimum absolute atomic E-state index is 0.00500. The number of halogens is 1. The molecule has 0 unspecified atom stereocenters. The summed E-state index contributed by atoms with van der Waals surface area (Å²) in [6, 6.07) is 5.66. The monoisotopic (exact) mass is 285 g/mol. The standard InChI is InChI=1S/C10H8INO/c1-6-8(7(2)13)3-4-10(11)9(6)5-12/h3-4H,1-2H3. The number of carbonyl (C=O) groups is 1. The van der Waals surface area contributed by atoms with Crippen LogP contribution in [0.2, 0.25) is 0 Å². The van der Waals surface area contributed by atoms with Crippen molar-refractivity contribution in [2.24, 2.45) is 0 Å². The molecule has 1 aromatic rings. The fraction of sp³-hybridized carbons (Fsp3) is 0.200. The Morgan fingerprint density at radius 1 is 1.54 bits per heavy atom. The van der Waals surface area contributed by atoms with Crippen LogP contribution < -0.4 is 0 Å². The molecule has 0 spiro atoms. The smallest absolute Gasteiger partial charge is 0.160 e. The molecule has 0 aliphatic carbocycles. The highest BCUT2D eigenvalue weighted by Crippen LogP contribution is 2.19. The lowest BCUT2D eigenvalue weighted by molar-refractivity contribution is 0.101. The number of rotatable bonds is 1. The van der Waals surface area contributed by atoms with E-state index in [-0.39, 0.29) is 5.78 Å². The van der Waals surface area contributed by atoms with E-state index in [4.69, 9.17) is 5.26 Å². The van der Waals surface area contributed by atoms with Crippen molar-refractivity contribution in [3.63, 3.8) is 0 Å². The second-order valence-corrected chi connectivity index (χ2v) is 3.93. The molecule has 66 valence electrons. The molecule has 0 heterocycles. The summed E-state index contributed by atoms with van der Waals surface area (Å²) in [5, 5.41) is 8.84. The van der Waals surface area contributed by atoms with Crippen molar-refractivity contribution in [3.05, 3.63) is 32.4 Å². The fourth-order valence-corrected chi connectivity index (χ4v) is 1.90. The Labute approximate surface area is 90.7 Å². The highest BCUT2D eigenvalue weighted by Gasteiger charge is 2.10. The average molecular weight is 285 g/mol. The van der Waals surface area contributed by atoms with E-state index < -0.39 is 0 Å². The minimum atomic E-state index is 0.00500. The van der Waals surface area contributed by atoms with Crippen molar-refractivity contribution in [1.82, 2.24) is 0 Å². The van der Waals surface area contributed by atoms with Crippen LogP contribution in [0, 0.1) is 21.8 Å². The highest BCUT2D eigenvalue weighted by molar-refractivity contribution is 14.1. The third kappa shape index (κ3) is 1.89. The van der Waals surface area contributed by atoms with Gasteiger partial charge in [0.05, 0.1) is 5.56 Å². The van der Waals surface area contributed by atoms with E-state index in [1.165, 1.54) is 6.92 Å². The van der Waals surface area contributed by atoms with Gasteiger partial charge < -0.3 is 0 Å². The predicted octanol–water partition coefficient (Wildman–Crippen LogP) is 2.67. The molecule has 3 heteroatoms. The molecule has 1 aromatic carbocycles. The maximum absolute atomic E-state index is 11.1. The van der Waals surface area contributed by atoms with E-state index in [1.54, 1.807) is 19.1 Å². The lowest BCUT2D eigenvalue weighted by atomic mass is 10.0. The van der Waals surface area contributed by atoms with Crippen LogP contribution in [-0.2, 0) is 0 Å². The van der Waals surface area contributed by atoms with Crippen molar-refractivity contribution < 1.29 is 4.79 Å². The number of nitriles is 1. The molecule has 0 radical (unpaired) electrons. The summed E-state index contributed by atoms with van der Waals surface area (Å²) >= 11 is 2.09. The van der Waals surface area contributed by atoms with Crippen molar-refractivity contribution in [1.29, 1.82) is 5.26 Å². The van der Waals surface area contributed by atoms with E-state index in [0.29, 0.717) is 11.1 Å². The van der Waals surface area contributed by atoms with E-state index in [0.717, 1.165) is 9.13 Å². The number of benzene rings is 1. The van der Waals surface area contributed by atoms with Crippen LogP contribution in [0.4, 0.5) is 0 Å². The zero-order chi connectivity index (χ0) is 10.0. The van der Waals surface area contributed by atoms with E-state index in [9.17, 15) is 4.79 Å². The molecule has 2 nitrogen and oxygen atoms in total. The van der Waals surface area contributed by atoms with Crippen molar-refractivity contribution in [2.75, 3.05) is 0 Å². The first-order chi connectivity index (χ1) is 6.07. The normalized spacial score (nSPS) is 9.38. The van der Waals surface area contributed by atoms with Crippen molar-refractivity contribution in [2.45, 2.75) is 13.8 Å². The maximum Gasteiger partial charge on any atom is 0.160 e. The number of hydrogen-bond donors (Lipinski definition) is 0. The molecule has 0 aliphatic rings. The second-order valence-electron chi connectivity index (χ2n) is 2.76. The predicted molar refractivity (Wildman–Crippen MR) is 58.6 cm³/mol. The summed E-state index contributed by atoms with van der Waals surface area (Å²) < 4.78 is 0.891. The average Bonchev–Trinajstić information content (AvgIpc) is 2.04. The first-order valence-corrected chi connectivity index (χ1v) is 4.86. The van der Waals surface area contributed by atoms with Crippen LogP contribution in [0.5, 0.6) is 0 Å². The Bertz CT molecular complexity index is 404. The van der Waals surface area contributed by atoms with Crippen LogP contribution in [0.25, 0.3) is 0 Å².